The number of hydrogen-bond acceptors (Lipinski definition) is 2. The van der Waals surface area contributed by atoms with Crippen LogP contribution in [0.2, 0.25) is 0 Å². The summed E-state index contributed by atoms with van der Waals surface area (Å²) < 4.78 is 20.2. The van der Waals surface area contributed by atoms with Crippen molar-refractivity contribution in [3.8, 4) is 5.75 Å². The zero-order chi connectivity index (χ0) is 13.4. The second-order valence-corrected chi connectivity index (χ2v) is 5.60. The molecule has 0 radical (unpaired) electrons. The number of nitrogens with two attached hydrogens (primary N) is 1. The first-order chi connectivity index (χ1) is 9.13. The van der Waals surface area contributed by atoms with Crippen LogP contribution in [0, 0.1) is 5.82 Å². The Kier molecular flexibility index (Phi) is 3.29. The Hall–Kier alpha value is -1.39. The fraction of sp³-hybridized carbons (Fsp3) is 0.200. The average molecular weight is 322 g/mol. The van der Waals surface area contributed by atoms with E-state index in [2.05, 4.69) is 15.9 Å². The fourth-order valence-corrected chi connectivity index (χ4v) is 2.77. The van der Waals surface area contributed by atoms with E-state index in [0.29, 0.717) is 6.42 Å². The molecule has 3 rings (SSSR count). The maximum absolute atomic E-state index is 13.3. The van der Waals surface area contributed by atoms with Crippen molar-refractivity contribution < 1.29 is 9.13 Å². The third-order valence-corrected chi connectivity index (χ3v) is 3.82. The van der Waals surface area contributed by atoms with Gasteiger partial charge in [0.1, 0.15) is 17.7 Å². The zero-order valence-corrected chi connectivity index (χ0v) is 11.7. The summed E-state index contributed by atoms with van der Waals surface area (Å²) in [5.74, 6) is 0.521. The molecule has 2 N–H and O–H groups in total. The summed E-state index contributed by atoms with van der Waals surface area (Å²) >= 11 is 3.43. The first-order valence-corrected chi connectivity index (χ1v) is 6.90. The first-order valence-electron chi connectivity index (χ1n) is 6.10. The molecule has 2 unspecified atom stereocenters. The van der Waals surface area contributed by atoms with Gasteiger partial charge in [-0.1, -0.05) is 28.1 Å². The predicted molar refractivity (Wildman–Crippen MR) is 75.5 cm³/mol. The number of fused-ring (bicyclic) bond motifs is 1. The van der Waals surface area contributed by atoms with Crippen molar-refractivity contribution in [2.45, 2.75) is 18.6 Å². The number of benzene rings is 2. The van der Waals surface area contributed by atoms with Crippen molar-refractivity contribution in [2.75, 3.05) is 0 Å². The molecule has 0 aromatic heterocycles. The minimum absolute atomic E-state index is 0.102. The van der Waals surface area contributed by atoms with Crippen LogP contribution in [0.3, 0.4) is 0 Å². The lowest BCUT2D eigenvalue weighted by atomic mass is 9.93. The van der Waals surface area contributed by atoms with Crippen LogP contribution in [0.5, 0.6) is 5.75 Å². The predicted octanol–water partition coefficient (Wildman–Crippen LogP) is 4.11. The number of hydrogen-bond donors (Lipinski definition) is 1. The molecule has 98 valence electrons. The monoisotopic (exact) mass is 321 g/mol. The molecule has 0 aliphatic carbocycles. The highest BCUT2D eigenvalue weighted by molar-refractivity contribution is 9.10. The Bertz CT molecular complexity index is 617. The van der Waals surface area contributed by atoms with Crippen molar-refractivity contribution in [3.05, 3.63) is 63.9 Å². The summed E-state index contributed by atoms with van der Waals surface area (Å²) in [6, 6.07) is 12.2. The van der Waals surface area contributed by atoms with Crippen LogP contribution < -0.4 is 10.5 Å². The second kappa shape index (κ2) is 4.94. The Labute approximate surface area is 119 Å². The van der Waals surface area contributed by atoms with Gasteiger partial charge in [-0.15, -0.1) is 0 Å². The maximum atomic E-state index is 13.3. The summed E-state index contributed by atoms with van der Waals surface area (Å²) in [5, 5.41) is 0. The number of ether oxygens (including phenoxy) is 1. The second-order valence-electron chi connectivity index (χ2n) is 4.69. The van der Waals surface area contributed by atoms with Crippen LogP contribution in [0.1, 0.15) is 29.7 Å². The zero-order valence-electron chi connectivity index (χ0n) is 10.1. The van der Waals surface area contributed by atoms with E-state index in [1.807, 2.05) is 24.3 Å². The van der Waals surface area contributed by atoms with Crippen molar-refractivity contribution >= 4 is 15.9 Å². The highest BCUT2D eigenvalue weighted by atomic mass is 79.9. The molecular weight excluding hydrogens is 309 g/mol. The van der Waals surface area contributed by atoms with Crippen LogP contribution in [0.25, 0.3) is 0 Å². The van der Waals surface area contributed by atoms with Gasteiger partial charge in [-0.25, -0.2) is 4.39 Å². The fourth-order valence-electron chi connectivity index (χ4n) is 2.39. The van der Waals surface area contributed by atoms with Crippen molar-refractivity contribution in [3.63, 3.8) is 0 Å². The van der Waals surface area contributed by atoms with Gasteiger partial charge in [0.2, 0.25) is 0 Å². The Balaban J connectivity index is 1.95. The van der Waals surface area contributed by atoms with Crippen LogP contribution in [0.4, 0.5) is 4.39 Å². The van der Waals surface area contributed by atoms with Gasteiger partial charge in [0.15, 0.2) is 0 Å². The van der Waals surface area contributed by atoms with Crippen LogP contribution >= 0.6 is 15.9 Å². The third kappa shape index (κ3) is 2.51. The normalized spacial score (nSPS) is 21.6. The lowest BCUT2D eigenvalue weighted by molar-refractivity contribution is 0.161. The molecule has 2 atom stereocenters. The smallest absolute Gasteiger partial charge is 0.126 e. The third-order valence-electron chi connectivity index (χ3n) is 3.33. The molecule has 2 aromatic rings. The van der Waals surface area contributed by atoms with Gasteiger partial charge >= 0.3 is 0 Å². The number of halogens is 2. The van der Waals surface area contributed by atoms with Gasteiger partial charge in [-0.3, -0.25) is 0 Å². The van der Waals surface area contributed by atoms with Crippen molar-refractivity contribution in [1.82, 2.24) is 0 Å². The van der Waals surface area contributed by atoms with Crippen LogP contribution in [0.15, 0.2) is 46.9 Å². The molecule has 0 amide bonds. The molecule has 4 heteroatoms. The van der Waals surface area contributed by atoms with Gasteiger partial charge < -0.3 is 10.5 Å². The molecule has 0 saturated heterocycles. The van der Waals surface area contributed by atoms with Crippen LogP contribution in [-0.2, 0) is 0 Å². The molecule has 19 heavy (non-hydrogen) atoms. The van der Waals surface area contributed by atoms with Crippen molar-refractivity contribution in [1.29, 1.82) is 0 Å². The Morgan fingerprint density at radius 1 is 1.21 bits per heavy atom. The van der Waals surface area contributed by atoms with E-state index in [0.717, 1.165) is 21.3 Å². The minimum atomic E-state index is -0.253. The highest BCUT2D eigenvalue weighted by Crippen LogP contribution is 2.40. The van der Waals surface area contributed by atoms with E-state index in [9.17, 15) is 4.39 Å². The van der Waals surface area contributed by atoms with Gasteiger partial charge in [0.05, 0.1) is 0 Å². The standard InChI is InChI=1S/C15H13BrFNO/c16-10-4-5-14-12(7-10)13(18)8-15(19-14)9-2-1-3-11(17)6-9/h1-7,13,15H,8,18H2. The molecule has 2 nitrogen and oxygen atoms in total. The Morgan fingerprint density at radius 2 is 2.05 bits per heavy atom. The SMILES string of the molecule is NC1CC(c2cccc(F)c2)Oc2ccc(Br)cc21. The summed E-state index contributed by atoms with van der Waals surface area (Å²) in [6.07, 6.45) is 0.451. The molecule has 0 saturated carbocycles. The molecule has 1 heterocycles. The minimum Gasteiger partial charge on any atom is -0.485 e. The lowest BCUT2D eigenvalue weighted by Crippen LogP contribution is -2.24. The van der Waals surface area contributed by atoms with Gasteiger partial charge in [-0.2, -0.15) is 0 Å². The van der Waals surface area contributed by atoms with Crippen LogP contribution in [-0.4, -0.2) is 0 Å². The summed E-state index contributed by atoms with van der Waals surface area (Å²) in [4.78, 5) is 0. The molecule has 0 fully saturated rings. The van der Waals surface area contributed by atoms with Gasteiger partial charge in [-0.05, 0) is 35.9 Å². The van der Waals surface area contributed by atoms with E-state index in [1.54, 1.807) is 6.07 Å². The highest BCUT2D eigenvalue weighted by Gasteiger charge is 2.27. The summed E-state index contributed by atoms with van der Waals surface area (Å²) in [7, 11) is 0. The van der Waals surface area contributed by atoms with E-state index >= 15 is 0 Å². The van der Waals surface area contributed by atoms with E-state index in [4.69, 9.17) is 10.5 Å². The molecule has 1 aliphatic heterocycles. The molecule has 1 aliphatic rings. The van der Waals surface area contributed by atoms with E-state index in [-0.39, 0.29) is 18.0 Å². The quantitative estimate of drug-likeness (QED) is 0.857. The summed E-state index contributed by atoms with van der Waals surface area (Å²) in [5.41, 5.74) is 8.00. The number of rotatable bonds is 1. The molecule has 0 bridgehead atoms. The first kappa shape index (κ1) is 12.6. The van der Waals surface area contributed by atoms with E-state index in [1.165, 1.54) is 12.1 Å². The maximum Gasteiger partial charge on any atom is 0.126 e. The molecule has 0 spiro atoms. The average Bonchev–Trinajstić information content (AvgIpc) is 2.39. The van der Waals surface area contributed by atoms with E-state index < -0.39 is 0 Å². The molecular formula is C15H13BrFNO. The largest absolute Gasteiger partial charge is 0.485 e. The van der Waals surface area contributed by atoms with Crippen molar-refractivity contribution in [2.24, 2.45) is 5.73 Å². The van der Waals surface area contributed by atoms with Gasteiger partial charge in [0.25, 0.3) is 0 Å². The van der Waals surface area contributed by atoms with Gasteiger partial charge in [0, 0.05) is 22.5 Å². The topological polar surface area (TPSA) is 35.2 Å². The summed E-state index contributed by atoms with van der Waals surface area (Å²) in [6.45, 7) is 0. The Morgan fingerprint density at radius 3 is 2.84 bits per heavy atom. The molecule has 2 aromatic carbocycles. The lowest BCUT2D eigenvalue weighted by Gasteiger charge is -2.30.